The Bertz CT molecular complexity index is 338. The zero-order valence-corrected chi connectivity index (χ0v) is 8.37. The molecule has 1 fully saturated rings. The minimum Gasteiger partial charge on any atom is -0.327 e. The summed E-state index contributed by atoms with van der Waals surface area (Å²) in [5, 5.41) is 0. The highest BCUT2D eigenvalue weighted by molar-refractivity contribution is 5.23. The Morgan fingerprint density at radius 1 is 1.50 bits per heavy atom. The molecule has 1 aliphatic rings. The van der Waals surface area contributed by atoms with Crippen molar-refractivity contribution in [1.29, 1.82) is 0 Å². The van der Waals surface area contributed by atoms with Crippen LogP contribution in [-0.4, -0.2) is 16.0 Å². The largest absolute Gasteiger partial charge is 0.327 e. The number of aromatic nitrogens is 2. The molecule has 1 aromatic heterocycles. The van der Waals surface area contributed by atoms with Crippen LogP contribution in [0.1, 0.15) is 26.0 Å². The highest BCUT2D eigenvalue weighted by atomic mass is 19.1. The lowest BCUT2D eigenvalue weighted by Gasteiger charge is -2.54. The third-order valence-electron chi connectivity index (χ3n) is 3.42. The lowest BCUT2D eigenvalue weighted by Crippen LogP contribution is -2.63. The van der Waals surface area contributed by atoms with Gasteiger partial charge in [0.25, 0.3) is 0 Å². The summed E-state index contributed by atoms with van der Waals surface area (Å²) in [6.45, 7) is 3.66. The number of hydrogen-bond acceptors (Lipinski definition) is 3. The third kappa shape index (κ3) is 1.00. The van der Waals surface area contributed by atoms with Crippen LogP contribution in [-0.2, 0) is 5.67 Å². The standard InChI is InChI=1S/C10H14FN3/c1-9(2)7(12)5-10(9,11)8-6-13-3-4-14-8/h3-4,6-7H,5,12H2,1-2H3. The summed E-state index contributed by atoms with van der Waals surface area (Å²) >= 11 is 0. The highest BCUT2D eigenvalue weighted by Gasteiger charge is 2.61. The van der Waals surface area contributed by atoms with Crippen LogP contribution in [0, 0.1) is 5.41 Å². The molecule has 1 aromatic rings. The van der Waals surface area contributed by atoms with Gasteiger partial charge in [-0.25, -0.2) is 4.39 Å². The maximum Gasteiger partial charge on any atom is 0.162 e. The molecule has 4 heteroatoms. The summed E-state index contributed by atoms with van der Waals surface area (Å²) in [4.78, 5) is 7.89. The van der Waals surface area contributed by atoms with Crippen LogP contribution in [0.4, 0.5) is 4.39 Å². The molecular formula is C10H14FN3. The summed E-state index contributed by atoms with van der Waals surface area (Å²) in [5.41, 5.74) is 4.21. The van der Waals surface area contributed by atoms with Gasteiger partial charge in [-0.3, -0.25) is 9.97 Å². The molecule has 2 atom stereocenters. The summed E-state index contributed by atoms with van der Waals surface area (Å²) < 4.78 is 14.5. The second-order valence-corrected chi connectivity index (χ2v) is 4.42. The van der Waals surface area contributed by atoms with Gasteiger partial charge in [0.05, 0.1) is 11.9 Å². The molecule has 1 aliphatic carbocycles. The Kier molecular flexibility index (Phi) is 1.86. The minimum atomic E-state index is -1.42. The van der Waals surface area contributed by atoms with Crippen LogP contribution in [0.15, 0.2) is 18.6 Å². The van der Waals surface area contributed by atoms with E-state index >= 15 is 0 Å². The Balaban J connectivity index is 2.37. The van der Waals surface area contributed by atoms with E-state index in [9.17, 15) is 4.39 Å². The van der Waals surface area contributed by atoms with E-state index in [-0.39, 0.29) is 6.04 Å². The number of nitrogens with zero attached hydrogens (tertiary/aromatic N) is 2. The van der Waals surface area contributed by atoms with Gasteiger partial charge in [-0.05, 0) is 0 Å². The van der Waals surface area contributed by atoms with Gasteiger partial charge >= 0.3 is 0 Å². The first-order valence-corrected chi connectivity index (χ1v) is 4.69. The zero-order valence-electron chi connectivity index (χ0n) is 8.37. The number of alkyl halides is 1. The zero-order chi connectivity index (χ0) is 10.4. The maximum atomic E-state index is 14.5. The molecule has 0 amide bonds. The van der Waals surface area contributed by atoms with Gasteiger partial charge < -0.3 is 5.73 Å². The van der Waals surface area contributed by atoms with Gasteiger partial charge in [0, 0.05) is 30.3 Å². The lowest BCUT2D eigenvalue weighted by atomic mass is 9.55. The Labute approximate surface area is 82.6 Å². The molecule has 3 nitrogen and oxygen atoms in total. The van der Waals surface area contributed by atoms with E-state index in [1.54, 1.807) is 6.20 Å². The molecule has 0 aromatic carbocycles. The molecule has 2 N–H and O–H groups in total. The predicted octanol–water partition coefficient (Wildman–Crippen LogP) is 1.40. The Hall–Kier alpha value is -1.03. The molecule has 2 unspecified atom stereocenters. The van der Waals surface area contributed by atoms with Gasteiger partial charge in [0.2, 0.25) is 0 Å². The molecule has 0 saturated heterocycles. The van der Waals surface area contributed by atoms with E-state index in [1.165, 1.54) is 12.4 Å². The van der Waals surface area contributed by atoms with E-state index in [0.29, 0.717) is 12.1 Å². The molecule has 0 spiro atoms. The fourth-order valence-electron chi connectivity index (χ4n) is 1.92. The average Bonchev–Trinajstić information content (AvgIpc) is 2.19. The van der Waals surface area contributed by atoms with Crippen LogP contribution in [0.2, 0.25) is 0 Å². The molecule has 76 valence electrons. The SMILES string of the molecule is CC1(C)C(N)CC1(F)c1cnccn1. The fourth-order valence-corrected chi connectivity index (χ4v) is 1.92. The number of halogens is 1. The molecule has 1 heterocycles. The first-order chi connectivity index (χ1) is 6.48. The van der Waals surface area contributed by atoms with E-state index < -0.39 is 11.1 Å². The summed E-state index contributed by atoms with van der Waals surface area (Å²) in [5.74, 6) is 0. The van der Waals surface area contributed by atoms with E-state index in [1.807, 2.05) is 13.8 Å². The van der Waals surface area contributed by atoms with E-state index in [4.69, 9.17) is 5.73 Å². The number of hydrogen-bond donors (Lipinski definition) is 1. The van der Waals surface area contributed by atoms with Gasteiger partial charge in [-0.15, -0.1) is 0 Å². The quantitative estimate of drug-likeness (QED) is 0.737. The smallest absolute Gasteiger partial charge is 0.162 e. The van der Waals surface area contributed by atoms with Crippen molar-refractivity contribution >= 4 is 0 Å². The molecule has 0 radical (unpaired) electrons. The monoisotopic (exact) mass is 195 g/mol. The molecule has 14 heavy (non-hydrogen) atoms. The van der Waals surface area contributed by atoms with Crippen molar-refractivity contribution in [3.8, 4) is 0 Å². The van der Waals surface area contributed by atoms with Crippen molar-refractivity contribution in [1.82, 2.24) is 9.97 Å². The van der Waals surface area contributed by atoms with Gasteiger partial charge in [-0.1, -0.05) is 13.8 Å². The summed E-state index contributed by atoms with van der Waals surface area (Å²) in [7, 11) is 0. The highest BCUT2D eigenvalue weighted by Crippen LogP contribution is 2.57. The van der Waals surface area contributed by atoms with Crippen molar-refractivity contribution < 1.29 is 4.39 Å². The van der Waals surface area contributed by atoms with Crippen LogP contribution < -0.4 is 5.73 Å². The Morgan fingerprint density at radius 3 is 2.64 bits per heavy atom. The van der Waals surface area contributed by atoms with E-state index in [2.05, 4.69) is 9.97 Å². The summed E-state index contributed by atoms with van der Waals surface area (Å²) in [6.07, 6.45) is 4.86. The van der Waals surface area contributed by atoms with Crippen LogP contribution in [0.5, 0.6) is 0 Å². The first-order valence-electron chi connectivity index (χ1n) is 4.69. The second-order valence-electron chi connectivity index (χ2n) is 4.42. The second kappa shape index (κ2) is 2.73. The number of rotatable bonds is 1. The van der Waals surface area contributed by atoms with Crippen LogP contribution in [0.25, 0.3) is 0 Å². The third-order valence-corrected chi connectivity index (χ3v) is 3.42. The van der Waals surface area contributed by atoms with Crippen LogP contribution >= 0.6 is 0 Å². The van der Waals surface area contributed by atoms with Crippen molar-refractivity contribution in [2.24, 2.45) is 11.1 Å². The molecule has 0 bridgehead atoms. The van der Waals surface area contributed by atoms with Gasteiger partial charge in [0.15, 0.2) is 5.67 Å². The van der Waals surface area contributed by atoms with Crippen molar-refractivity contribution in [2.75, 3.05) is 0 Å². The van der Waals surface area contributed by atoms with Crippen molar-refractivity contribution in [3.05, 3.63) is 24.3 Å². The molecular weight excluding hydrogens is 181 g/mol. The first kappa shape index (κ1) is 9.52. The lowest BCUT2D eigenvalue weighted by molar-refractivity contribution is -0.111. The average molecular weight is 195 g/mol. The summed E-state index contributed by atoms with van der Waals surface area (Å²) in [6, 6.07) is -0.102. The van der Waals surface area contributed by atoms with Crippen LogP contribution in [0.3, 0.4) is 0 Å². The topological polar surface area (TPSA) is 51.8 Å². The molecule has 2 rings (SSSR count). The molecule has 1 saturated carbocycles. The Morgan fingerprint density at radius 2 is 2.21 bits per heavy atom. The normalized spacial score (nSPS) is 35.0. The maximum absolute atomic E-state index is 14.5. The van der Waals surface area contributed by atoms with Crippen molar-refractivity contribution in [2.45, 2.75) is 32.0 Å². The fraction of sp³-hybridized carbons (Fsp3) is 0.600. The van der Waals surface area contributed by atoms with E-state index in [0.717, 1.165) is 0 Å². The minimum absolute atomic E-state index is 0.102. The van der Waals surface area contributed by atoms with Gasteiger partial charge in [-0.2, -0.15) is 0 Å². The van der Waals surface area contributed by atoms with Gasteiger partial charge in [0.1, 0.15) is 0 Å². The predicted molar refractivity (Wildman–Crippen MR) is 51.2 cm³/mol. The van der Waals surface area contributed by atoms with Crippen molar-refractivity contribution in [3.63, 3.8) is 0 Å². The number of nitrogens with two attached hydrogens (primary N) is 1. The molecule has 0 aliphatic heterocycles.